The van der Waals surface area contributed by atoms with Gasteiger partial charge in [-0.05, 0) is 29.8 Å². The second-order valence-corrected chi connectivity index (χ2v) is 4.85. The van der Waals surface area contributed by atoms with Crippen molar-refractivity contribution in [1.82, 2.24) is 15.0 Å². The van der Waals surface area contributed by atoms with Crippen LogP contribution in [0.3, 0.4) is 0 Å². The summed E-state index contributed by atoms with van der Waals surface area (Å²) < 4.78 is 28.6. The highest BCUT2D eigenvalue weighted by atomic mass is 19.1. The summed E-state index contributed by atoms with van der Waals surface area (Å²) in [5, 5.41) is 8.06. The summed E-state index contributed by atoms with van der Waals surface area (Å²) in [4.78, 5) is 0. The van der Waals surface area contributed by atoms with E-state index in [1.807, 2.05) is 0 Å². The third-order valence-corrected chi connectivity index (χ3v) is 3.37. The third kappa shape index (κ3) is 2.73. The van der Waals surface area contributed by atoms with Gasteiger partial charge in [-0.2, -0.15) is 0 Å². The largest absolute Gasteiger partial charge is 0.325 e. The number of nitrogens with two attached hydrogens (primary N) is 1. The van der Waals surface area contributed by atoms with Crippen LogP contribution >= 0.6 is 0 Å². The van der Waals surface area contributed by atoms with Gasteiger partial charge >= 0.3 is 0 Å². The van der Waals surface area contributed by atoms with Crippen LogP contribution in [-0.4, -0.2) is 15.0 Å². The van der Waals surface area contributed by atoms with Crippen molar-refractivity contribution in [2.45, 2.75) is 13.1 Å². The van der Waals surface area contributed by atoms with Crippen LogP contribution in [0.15, 0.2) is 48.5 Å². The van der Waals surface area contributed by atoms with E-state index >= 15 is 0 Å². The highest BCUT2D eigenvalue weighted by molar-refractivity contribution is 5.62. The van der Waals surface area contributed by atoms with Gasteiger partial charge in [0.05, 0.1) is 12.2 Å². The monoisotopic (exact) mass is 300 g/mol. The van der Waals surface area contributed by atoms with Gasteiger partial charge in [0.2, 0.25) is 0 Å². The number of rotatable bonds is 4. The van der Waals surface area contributed by atoms with E-state index in [9.17, 15) is 8.78 Å². The van der Waals surface area contributed by atoms with Crippen molar-refractivity contribution in [3.05, 3.63) is 71.4 Å². The van der Waals surface area contributed by atoms with Crippen LogP contribution in [-0.2, 0) is 13.1 Å². The standard InChI is InChI=1S/C16H14F2N4/c17-12-7-5-11(6-8-12)10-22-16(15(9-19)20-21-22)13-3-1-2-4-14(13)18/h1-8H,9-10,19H2. The lowest BCUT2D eigenvalue weighted by Crippen LogP contribution is -2.06. The first-order valence-corrected chi connectivity index (χ1v) is 6.81. The normalized spacial score (nSPS) is 10.9. The molecular weight excluding hydrogens is 286 g/mol. The van der Waals surface area contributed by atoms with Gasteiger partial charge in [0, 0.05) is 12.1 Å². The predicted octanol–water partition coefficient (Wildman–Crippen LogP) is 2.73. The maximum Gasteiger partial charge on any atom is 0.132 e. The molecule has 0 saturated heterocycles. The molecule has 0 aliphatic carbocycles. The van der Waals surface area contributed by atoms with E-state index in [4.69, 9.17) is 5.73 Å². The van der Waals surface area contributed by atoms with E-state index < -0.39 is 0 Å². The SMILES string of the molecule is NCc1nnn(Cc2ccc(F)cc2)c1-c1ccccc1F. The molecular formula is C16H14F2N4. The fourth-order valence-corrected chi connectivity index (χ4v) is 2.31. The van der Waals surface area contributed by atoms with Gasteiger partial charge < -0.3 is 5.73 Å². The molecule has 2 aromatic carbocycles. The van der Waals surface area contributed by atoms with Crippen LogP contribution in [0.2, 0.25) is 0 Å². The smallest absolute Gasteiger partial charge is 0.132 e. The van der Waals surface area contributed by atoms with Gasteiger partial charge in [-0.15, -0.1) is 5.10 Å². The fourth-order valence-electron chi connectivity index (χ4n) is 2.31. The molecule has 0 saturated carbocycles. The zero-order chi connectivity index (χ0) is 15.5. The maximum atomic E-state index is 14.1. The van der Waals surface area contributed by atoms with Gasteiger partial charge in [-0.25, -0.2) is 13.5 Å². The summed E-state index contributed by atoms with van der Waals surface area (Å²) in [6.07, 6.45) is 0. The molecule has 4 nitrogen and oxygen atoms in total. The van der Waals surface area contributed by atoms with E-state index in [1.54, 1.807) is 35.0 Å². The average Bonchev–Trinajstić information content (AvgIpc) is 2.93. The highest BCUT2D eigenvalue weighted by Crippen LogP contribution is 2.25. The first-order valence-electron chi connectivity index (χ1n) is 6.81. The van der Waals surface area contributed by atoms with Gasteiger partial charge in [-0.1, -0.05) is 29.5 Å². The Morgan fingerprint density at radius 3 is 2.41 bits per heavy atom. The summed E-state index contributed by atoms with van der Waals surface area (Å²) in [6, 6.07) is 12.5. The van der Waals surface area contributed by atoms with Crippen LogP contribution in [0.5, 0.6) is 0 Å². The molecule has 0 amide bonds. The topological polar surface area (TPSA) is 56.7 Å². The van der Waals surface area contributed by atoms with Crippen molar-refractivity contribution in [3.8, 4) is 11.3 Å². The van der Waals surface area contributed by atoms with Crippen molar-refractivity contribution in [1.29, 1.82) is 0 Å². The Labute approximate surface area is 126 Å². The van der Waals surface area contributed by atoms with E-state index in [-0.39, 0.29) is 18.2 Å². The molecule has 0 radical (unpaired) electrons. The van der Waals surface area contributed by atoms with Crippen LogP contribution < -0.4 is 5.73 Å². The minimum absolute atomic E-state index is 0.160. The molecule has 0 fully saturated rings. The lowest BCUT2D eigenvalue weighted by Gasteiger charge is -2.09. The Bertz CT molecular complexity index is 781. The van der Waals surface area contributed by atoms with Gasteiger partial charge in [0.15, 0.2) is 0 Å². The number of hydrogen-bond donors (Lipinski definition) is 1. The maximum absolute atomic E-state index is 14.1. The first-order chi connectivity index (χ1) is 10.7. The number of aromatic nitrogens is 3. The summed E-state index contributed by atoms with van der Waals surface area (Å²) >= 11 is 0. The van der Waals surface area contributed by atoms with Crippen molar-refractivity contribution < 1.29 is 8.78 Å². The Morgan fingerprint density at radius 1 is 1.00 bits per heavy atom. The number of benzene rings is 2. The molecule has 0 aliphatic rings. The third-order valence-electron chi connectivity index (χ3n) is 3.37. The van der Waals surface area contributed by atoms with Crippen molar-refractivity contribution >= 4 is 0 Å². The zero-order valence-electron chi connectivity index (χ0n) is 11.7. The molecule has 6 heteroatoms. The molecule has 0 atom stereocenters. The lowest BCUT2D eigenvalue weighted by atomic mass is 10.1. The zero-order valence-corrected chi connectivity index (χ0v) is 11.7. The van der Waals surface area contributed by atoms with Crippen LogP contribution in [0.25, 0.3) is 11.3 Å². The summed E-state index contributed by atoms with van der Waals surface area (Å²) in [7, 11) is 0. The molecule has 0 unspecified atom stereocenters. The van der Waals surface area contributed by atoms with Gasteiger partial charge in [0.25, 0.3) is 0 Å². The van der Waals surface area contributed by atoms with E-state index in [0.29, 0.717) is 23.5 Å². The highest BCUT2D eigenvalue weighted by Gasteiger charge is 2.17. The molecule has 1 heterocycles. The molecule has 0 bridgehead atoms. The second-order valence-electron chi connectivity index (χ2n) is 4.85. The predicted molar refractivity (Wildman–Crippen MR) is 78.8 cm³/mol. The number of nitrogens with zero attached hydrogens (tertiary/aromatic N) is 3. The Hall–Kier alpha value is -2.60. The van der Waals surface area contributed by atoms with Gasteiger partial charge in [-0.3, -0.25) is 0 Å². The van der Waals surface area contributed by atoms with Crippen molar-refractivity contribution in [2.24, 2.45) is 5.73 Å². The summed E-state index contributed by atoms with van der Waals surface area (Å²) in [5.41, 5.74) is 7.98. The molecule has 1 aromatic heterocycles. The average molecular weight is 300 g/mol. The molecule has 0 aliphatic heterocycles. The first kappa shape index (κ1) is 14.3. The van der Waals surface area contributed by atoms with Crippen LogP contribution in [0.1, 0.15) is 11.3 Å². The van der Waals surface area contributed by atoms with Gasteiger partial charge in [0.1, 0.15) is 17.3 Å². The molecule has 2 N–H and O–H groups in total. The van der Waals surface area contributed by atoms with Crippen LogP contribution in [0, 0.1) is 11.6 Å². The van der Waals surface area contributed by atoms with E-state index in [2.05, 4.69) is 10.3 Å². The second kappa shape index (κ2) is 6.03. The minimum atomic E-state index is -0.361. The van der Waals surface area contributed by atoms with Crippen molar-refractivity contribution in [2.75, 3.05) is 0 Å². The molecule has 3 rings (SSSR count). The van der Waals surface area contributed by atoms with E-state index in [1.165, 1.54) is 18.2 Å². The Kier molecular flexibility index (Phi) is 3.93. The number of halogens is 2. The summed E-state index contributed by atoms with van der Waals surface area (Å²) in [6.45, 7) is 0.518. The minimum Gasteiger partial charge on any atom is -0.325 e. The Morgan fingerprint density at radius 2 is 1.73 bits per heavy atom. The molecule has 3 aromatic rings. The molecule has 0 spiro atoms. The Balaban J connectivity index is 2.04. The fraction of sp³-hybridized carbons (Fsp3) is 0.125. The van der Waals surface area contributed by atoms with Crippen LogP contribution in [0.4, 0.5) is 8.78 Å². The lowest BCUT2D eigenvalue weighted by molar-refractivity contribution is 0.616. The summed E-state index contributed by atoms with van der Waals surface area (Å²) in [5.74, 6) is -0.667. The molecule has 112 valence electrons. The molecule has 22 heavy (non-hydrogen) atoms. The van der Waals surface area contributed by atoms with Crippen molar-refractivity contribution in [3.63, 3.8) is 0 Å². The quantitative estimate of drug-likeness (QED) is 0.806. The number of hydrogen-bond acceptors (Lipinski definition) is 3. The van der Waals surface area contributed by atoms with E-state index in [0.717, 1.165) is 5.56 Å².